The van der Waals surface area contributed by atoms with Crippen LogP contribution in [0.1, 0.15) is 0 Å². The number of nitrogens with two attached hydrogens (primary N) is 1. The second-order valence-corrected chi connectivity index (χ2v) is 4.56. The standard InChI is InChI=1S/C14H11ClN4/c15-10-2-1-9-5-6-17-14(12(9)7-10)19-11-3-4-13(16)18-8-11/h1-8H,(H2,16,18)(H,17,19). The lowest BCUT2D eigenvalue weighted by Gasteiger charge is -2.08. The number of fused-ring (bicyclic) bond motifs is 1. The minimum absolute atomic E-state index is 0.486. The molecular weight excluding hydrogens is 260 g/mol. The first-order valence-corrected chi connectivity index (χ1v) is 6.13. The van der Waals surface area contributed by atoms with Crippen LogP contribution in [0.15, 0.2) is 48.8 Å². The predicted molar refractivity (Wildman–Crippen MR) is 78.7 cm³/mol. The summed E-state index contributed by atoms with van der Waals surface area (Å²) in [6.07, 6.45) is 3.42. The number of rotatable bonds is 2. The Morgan fingerprint density at radius 3 is 2.74 bits per heavy atom. The molecule has 2 aromatic heterocycles. The van der Waals surface area contributed by atoms with E-state index in [9.17, 15) is 0 Å². The molecule has 3 rings (SSSR count). The van der Waals surface area contributed by atoms with Gasteiger partial charge in [0.2, 0.25) is 0 Å². The molecule has 0 atom stereocenters. The lowest BCUT2D eigenvalue weighted by Crippen LogP contribution is -1.96. The highest BCUT2D eigenvalue weighted by atomic mass is 35.5. The number of aromatic nitrogens is 2. The highest BCUT2D eigenvalue weighted by Gasteiger charge is 2.04. The molecule has 1 aromatic carbocycles. The zero-order chi connectivity index (χ0) is 13.2. The van der Waals surface area contributed by atoms with Gasteiger partial charge in [0.05, 0.1) is 11.9 Å². The number of nitrogen functional groups attached to an aromatic ring is 1. The minimum Gasteiger partial charge on any atom is -0.384 e. The van der Waals surface area contributed by atoms with Crippen LogP contribution in [0.5, 0.6) is 0 Å². The van der Waals surface area contributed by atoms with Crippen molar-refractivity contribution >= 4 is 39.7 Å². The first kappa shape index (κ1) is 11.7. The van der Waals surface area contributed by atoms with Gasteiger partial charge in [0.15, 0.2) is 0 Å². The molecule has 4 nitrogen and oxygen atoms in total. The molecule has 0 aliphatic rings. The third-order valence-electron chi connectivity index (χ3n) is 2.78. The molecule has 0 unspecified atom stereocenters. The summed E-state index contributed by atoms with van der Waals surface area (Å²) in [4.78, 5) is 8.37. The maximum Gasteiger partial charge on any atom is 0.138 e. The van der Waals surface area contributed by atoms with Gasteiger partial charge in [-0.1, -0.05) is 17.7 Å². The number of halogens is 1. The topological polar surface area (TPSA) is 63.8 Å². The van der Waals surface area contributed by atoms with Crippen LogP contribution >= 0.6 is 11.6 Å². The van der Waals surface area contributed by atoms with Crippen LogP contribution in [0, 0.1) is 0 Å². The van der Waals surface area contributed by atoms with Crippen molar-refractivity contribution in [1.29, 1.82) is 0 Å². The number of hydrogen-bond acceptors (Lipinski definition) is 4. The van der Waals surface area contributed by atoms with Gasteiger partial charge in [-0.25, -0.2) is 9.97 Å². The molecule has 0 radical (unpaired) electrons. The Kier molecular flexibility index (Phi) is 2.93. The summed E-state index contributed by atoms with van der Waals surface area (Å²) in [6.45, 7) is 0. The van der Waals surface area contributed by atoms with E-state index in [4.69, 9.17) is 17.3 Å². The Balaban J connectivity index is 2.05. The summed E-state index contributed by atoms with van der Waals surface area (Å²) < 4.78 is 0. The minimum atomic E-state index is 0.486. The van der Waals surface area contributed by atoms with E-state index in [1.54, 1.807) is 18.5 Å². The quantitative estimate of drug-likeness (QED) is 0.747. The summed E-state index contributed by atoms with van der Waals surface area (Å²) in [6, 6.07) is 11.2. The highest BCUT2D eigenvalue weighted by molar-refractivity contribution is 6.31. The SMILES string of the molecule is Nc1ccc(Nc2nccc3ccc(Cl)cc23)cn1. The number of nitrogens with one attached hydrogen (secondary N) is 1. The first-order chi connectivity index (χ1) is 9.22. The number of pyridine rings is 2. The van der Waals surface area contributed by atoms with Gasteiger partial charge in [-0.2, -0.15) is 0 Å². The molecule has 5 heteroatoms. The fourth-order valence-corrected chi connectivity index (χ4v) is 2.03. The molecule has 3 N–H and O–H groups in total. The second-order valence-electron chi connectivity index (χ2n) is 4.12. The van der Waals surface area contributed by atoms with Crippen molar-refractivity contribution in [2.75, 3.05) is 11.1 Å². The Bertz CT molecular complexity index is 725. The molecule has 0 aliphatic carbocycles. The van der Waals surface area contributed by atoms with Crippen molar-refractivity contribution in [3.05, 3.63) is 53.8 Å². The van der Waals surface area contributed by atoms with Crippen LogP contribution in [-0.2, 0) is 0 Å². The van der Waals surface area contributed by atoms with Gasteiger partial charge in [0.1, 0.15) is 11.6 Å². The molecule has 0 amide bonds. The molecule has 0 aliphatic heterocycles. The Labute approximate surface area is 115 Å². The van der Waals surface area contributed by atoms with Gasteiger partial charge < -0.3 is 11.1 Å². The number of benzene rings is 1. The smallest absolute Gasteiger partial charge is 0.138 e. The summed E-state index contributed by atoms with van der Waals surface area (Å²) >= 11 is 6.03. The zero-order valence-electron chi connectivity index (χ0n) is 9.97. The predicted octanol–water partition coefficient (Wildman–Crippen LogP) is 3.61. The van der Waals surface area contributed by atoms with E-state index in [0.717, 1.165) is 22.3 Å². The van der Waals surface area contributed by atoms with E-state index in [1.807, 2.05) is 30.3 Å². The van der Waals surface area contributed by atoms with Crippen molar-refractivity contribution in [1.82, 2.24) is 9.97 Å². The van der Waals surface area contributed by atoms with Crippen LogP contribution in [0.25, 0.3) is 10.8 Å². The van der Waals surface area contributed by atoms with Crippen LogP contribution in [0.4, 0.5) is 17.3 Å². The van der Waals surface area contributed by atoms with Gasteiger partial charge in [0, 0.05) is 16.6 Å². The molecule has 0 saturated carbocycles. The molecule has 0 bridgehead atoms. The van der Waals surface area contributed by atoms with Crippen LogP contribution < -0.4 is 11.1 Å². The van der Waals surface area contributed by atoms with Crippen LogP contribution in [-0.4, -0.2) is 9.97 Å². The molecule has 19 heavy (non-hydrogen) atoms. The summed E-state index contributed by atoms with van der Waals surface area (Å²) in [5, 5.41) is 5.93. The van der Waals surface area contributed by atoms with E-state index in [2.05, 4.69) is 15.3 Å². The van der Waals surface area contributed by atoms with Gasteiger partial charge in [-0.3, -0.25) is 0 Å². The summed E-state index contributed by atoms with van der Waals surface area (Å²) in [5.41, 5.74) is 6.39. The number of hydrogen-bond donors (Lipinski definition) is 2. The van der Waals surface area contributed by atoms with Gasteiger partial charge in [-0.15, -0.1) is 0 Å². The Hall–Kier alpha value is -2.33. The van der Waals surface area contributed by atoms with Gasteiger partial charge in [0.25, 0.3) is 0 Å². The van der Waals surface area contributed by atoms with Crippen molar-refractivity contribution in [2.45, 2.75) is 0 Å². The van der Waals surface area contributed by atoms with Crippen molar-refractivity contribution in [2.24, 2.45) is 0 Å². The van der Waals surface area contributed by atoms with E-state index in [0.29, 0.717) is 10.8 Å². The van der Waals surface area contributed by atoms with Gasteiger partial charge in [-0.05, 0) is 35.7 Å². The lowest BCUT2D eigenvalue weighted by atomic mass is 10.1. The van der Waals surface area contributed by atoms with E-state index in [-0.39, 0.29) is 0 Å². The number of anilines is 3. The fourth-order valence-electron chi connectivity index (χ4n) is 1.86. The second kappa shape index (κ2) is 4.74. The molecule has 0 spiro atoms. The third kappa shape index (κ3) is 2.44. The van der Waals surface area contributed by atoms with Crippen LogP contribution in [0.2, 0.25) is 5.02 Å². The lowest BCUT2D eigenvalue weighted by molar-refractivity contribution is 1.30. The monoisotopic (exact) mass is 270 g/mol. The van der Waals surface area contributed by atoms with Crippen molar-refractivity contribution < 1.29 is 0 Å². The molecule has 0 saturated heterocycles. The Morgan fingerprint density at radius 1 is 1.05 bits per heavy atom. The average molecular weight is 271 g/mol. The zero-order valence-corrected chi connectivity index (χ0v) is 10.7. The maximum atomic E-state index is 6.03. The van der Waals surface area contributed by atoms with E-state index in [1.165, 1.54) is 0 Å². The van der Waals surface area contributed by atoms with Gasteiger partial charge >= 0.3 is 0 Å². The normalized spacial score (nSPS) is 10.6. The molecule has 94 valence electrons. The molecular formula is C14H11ClN4. The molecule has 0 fully saturated rings. The molecule has 3 aromatic rings. The summed E-state index contributed by atoms with van der Waals surface area (Å²) in [7, 11) is 0. The molecule has 2 heterocycles. The first-order valence-electron chi connectivity index (χ1n) is 5.75. The van der Waals surface area contributed by atoms with Crippen molar-refractivity contribution in [3.8, 4) is 0 Å². The maximum absolute atomic E-state index is 6.03. The third-order valence-corrected chi connectivity index (χ3v) is 3.01. The van der Waals surface area contributed by atoms with E-state index >= 15 is 0 Å². The van der Waals surface area contributed by atoms with E-state index < -0.39 is 0 Å². The van der Waals surface area contributed by atoms with Crippen molar-refractivity contribution in [3.63, 3.8) is 0 Å². The largest absolute Gasteiger partial charge is 0.384 e. The highest BCUT2D eigenvalue weighted by Crippen LogP contribution is 2.26. The Morgan fingerprint density at radius 2 is 1.95 bits per heavy atom. The average Bonchev–Trinajstić information content (AvgIpc) is 2.42. The number of nitrogens with zero attached hydrogens (tertiary/aromatic N) is 2. The van der Waals surface area contributed by atoms with Crippen LogP contribution in [0.3, 0.4) is 0 Å². The fraction of sp³-hybridized carbons (Fsp3) is 0. The summed E-state index contributed by atoms with van der Waals surface area (Å²) in [5.74, 6) is 1.23.